The van der Waals surface area contributed by atoms with Crippen LogP contribution in [0.15, 0.2) is 66.0 Å². The van der Waals surface area contributed by atoms with Crippen molar-refractivity contribution >= 4 is 28.9 Å². The van der Waals surface area contributed by atoms with Crippen LogP contribution in [-0.4, -0.2) is 31.4 Å². The summed E-state index contributed by atoms with van der Waals surface area (Å²) in [5, 5.41) is 10.7. The number of carbonyl (C=O) groups is 1. The minimum absolute atomic E-state index is 0.298. The number of hydrogen-bond donors (Lipinski definition) is 1. The fourth-order valence-electron chi connectivity index (χ4n) is 3.42. The third kappa shape index (κ3) is 3.76. The number of benzene rings is 2. The van der Waals surface area contributed by atoms with Crippen molar-refractivity contribution in [1.29, 1.82) is 0 Å². The first-order chi connectivity index (χ1) is 14.1. The summed E-state index contributed by atoms with van der Waals surface area (Å²) in [4.78, 5) is 21.2. The second-order valence-corrected chi connectivity index (χ2v) is 8.00. The Bertz CT molecular complexity index is 1190. The molecule has 5 nitrogen and oxygen atoms in total. The van der Waals surface area contributed by atoms with Crippen molar-refractivity contribution < 1.29 is 9.90 Å². The number of hydrogen-bond acceptors (Lipinski definition) is 4. The van der Waals surface area contributed by atoms with Gasteiger partial charge >= 0.3 is 5.97 Å². The molecule has 0 aliphatic rings. The third-order valence-corrected chi connectivity index (χ3v) is 5.67. The van der Waals surface area contributed by atoms with E-state index in [9.17, 15) is 9.90 Å². The van der Waals surface area contributed by atoms with Crippen molar-refractivity contribution in [3.63, 3.8) is 0 Å². The lowest BCUT2D eigenvalue weighted by molar-refractivity contribution is 0.0697. The molecule has 4 rings (SSSR count). The molecule has 0 aliphatic carbocycles. The number of rotatable bonds is 6. The van der Waals surface area contributed by atoms with Gasteiger partial charge in [0, 0.05) is 6.20 Å². The molecule has 2 heterocycles. The smallest absolute Gasteiger partial charge is 0.336 e. The van der Waals surface area contributed by atoms with E-state index >= 15 is 0 Å². The van der Waals surface area contributed by atoms with Crippen LogP contribution in [0.4, 0.5) is 0 Å². The van der Waals surface area contributed by atoms with E-state index in [-0.39, 0.29) is 0 Å². The topological polar surface area (TPSA) is 68.0 Å². The fourth-order valence-corrected chi connectivity index (χ4v) is 4.14. The number of carboxylic acids is 1. The van der Waals surface area contributed by atoms with Gasteiger partial charge in [-0.2, -0.15) is 0 Å². The predicted octanol–water partition coefficient (Wildman–Crippen LogP) is 5.27. The van der Waals surface area contributed by atoms with Crippen LogP contribution in [0.1, 0.15) is 28.4 Å². The van der Waals surface area contributed by atoms with Crippen molar-refractivity contribution in [1.82, 2.24) is 14.5 Å². The van der Waals surface area contributed by atoms with Crippen molar-refractivity contribution in [2.45, 2.75) is 25.5 Å². The van der Waals surface area contributed by atoms with Crippen molar-refractivity contribution in [2.24, 2.45) is 0 Å². The molecule has 1 N–H and O–H groups in total. The molecule has 0 amide bonds. The molecule has 0 aliphatic heterocycles. The molecule has 0 fully saturated rings. The van der Waals surface area contributed by atoms with E-state index in [0.717, 1.165) is 44.3 Å². The van der Waals surface area contributed by atoms with Gasteiger partial charge in [0.1, 0.15) is 5.52 Å². The lowest BCUT2D eigenvalue weighted by Gasteiger charge is -2.12. The normalized spacial score (nSPS) is 11.1. The molecular formula is C23H21N3O2S. The van der Waals surface area contributed by atoms with Gasteiger partial charge in [-0.05, 0) is 47.1 Å². The number of aryl methyl sites for hydroxylation is 1. The number of aromatic carboxylic acids is 1. The van der Waals surface area contributed by atoms with Crippen LogP contribution in [0, 0.1) is 6.92 Å². The van der Waals surface area contributed by atoms with Crippen molar-refractivity contribution in [3.8, 4) is 11.1 Å². The number of fused-ring (bicyclic) bond motifs is 1. The summed E-state index contributed by atoms with van der Waals surface area (Å²) in [6.07, 6.45) is 1.79. The van der Waals surface area contributed by atoms with E-state index in [2.05, 4.69) is 16.5 Å². The highest BCUT2D eigenvalue weighted by Gasteiger charge is 2.16. The van der Waals surface area contributed by atoms with Gasteiger partial charge in [-0.15, -0.1) is 0 Å². The van der Waals surface area contributed by atoms with Gasteiger partial charge < -0.3 is 5.11 Å². The monoisotopic (exact) mass is 403 g/mol. The number of carboxylic acid groups (broad SMARTS) is 1. The Kier molecular flexibility index (Phi) is 5.36. The minimum Gasteiger partial charge on any atom is -0.478 e. The van der Waals surface area contributed by atoms with Gasteiger partial charge in [0.05, 0.1) is 12.1 Å². The Labute approximate surface area is 173 Å². The van der Waals surface area contributed by atoms with Crippen LogP contribution in [0.5, 0.6) is 0 Å². The molecule has 0 radical (unpaired) electrons. The van der Waals surface area contributed by atoms with E-state index in [1.54, 1.807) is 24.0 Å². The maximum atomic E-state index is 11.9. The third-order valence-electron chi connectivity index (χ3n) is 4.81. The molecule has 0 unspecified atom stereocenters. The second kappa shape index (κ2) is 8.09. The van der Waals surface area contributed by atoms with Gasteiger partial charge in [-0.25, -0.2) is 14.8 Å². The van der Waals surface area contributed by atoms with Crippen molar-refractivity contribution in [3.05, 3.63) is 77.5 Å². The Balaban J connectivity index is 1.79. The number of aromatic nitrogens is 3. The SMILES string of the molecule is CCSc1nc2c(C)ccnc2n1Cc1ccc(-c2ccccc2)c(C(=O)O)c1. The average molecular weight is 404 g/mol. The van der Waals surface area contributed by atoms with Gasteiger partial charge in [0.15, 0.2) is 10.8 Å². The number of nitrogens with zero attached hydrogens (tertiary/aromatic N) is 3. The largest absolute Gasteiger partial charge is 0.478 e. The van der Waals surface area contributed by atoms with Gasteiger partial charge in [-0.3, -0.25) is 4.57 Å². The first-order valence-corrected chi connectivity index (χ1v) is 10.4. The molecule has 2 aromatic heterocycles. The van der Waals surface area contributed by atoms with E-state index in [1.807, 2.05) is 55.5 Å². The summed E-state index contributed by atoms with van der Waals surface area (Å²) in [5.41, 5.74) is 5.61. The molecule has 146 valence electrons. The summed E-state index contributed by atoms with van der Waals surface area (Å²) in [7, 11) is 0. The van der Waals surface area contributed by atoms with Crippen LogP contribution in [0.2, 0.25) is 0 Å². The lowest BCUT2D eigenvalue weighted by atomic mass is 9.97. The summed E-state index contributed by atoms with van der Waals surface area (Å²) in [6, 6.07) is 17.2. The Morgan fingerprint density at radius 2 is 1.93 bits per heavy atom. The van der Waals surface area contributed by atoms with Crippen LogP contribution in [0.3, 0.4) is 0 Å². The number of pyridine rings is 1. The zero-order valence-corrected chi connectivity index (χ0v) is 17.1. The summed E-state index contributed by atoms with van der Waals surface area (Å²) >= 11 is 1.66. The Morgan fingerprint density at radius 3 is 2.66 bits per heavy atom. The minimum atomic E-state index is -0.932. The Hall–Kier alpha value is -3.12. The van der Waals surface area contributed by atoms with Gasteiger partial charge in [-0.1, -0.05) is 61.2 Å². The highest BCUT2D eigenvalue weighted by atomic mass is 32.2. The van der Waals surface area contributed by atoms with Crippen LogP contribution in [-0.2, 0) is 6.54 Å². The number of thioether (sulfide) groups is 1. The van der Waals surface area contributed by atoms with E-state index < -0.39 is 5.97 Å². The maximum absolute atomic E-state index is 11.9. The molecule has 0 bridgehead atoms. The fraction of sp³-hybridized carbons (Fsp3) is 0.174. The first kappa shape index (κ1) is 19.2. The predicted molar refractivity (Wildman–Crippen MR) is 117 cm³/mol. The molecule has 6 heteroatoms. The van der Waals surface area contributed by atoms with E-state index in [0.29, 0.717) is 12.1 Å². The maximum Gasteiger partial charge on any atom is 0.336 e. The molecule has 0 atom stereocenters. The van der Waals surface area contributed by atoms with E-state index in [4.69, 9.17) is 4.98 Å². The zero-order chi connectivity index (χ0) is 20.4. The van der Waals surface area contributed by atoms with E-state index in [1.165, 1.54) is 0 Å². The number of imidazole rings is 1. The highest BCUT2D eigenvalue weighted by molar-refractivity contribution is 7.99. The summed E-state index contributed by atoms with van der Waals surface area (Å²) < 4.78 is 2.07. The molecule has 4 aromatic rings. The lowest BCUT2D eigenvalue weighted by Crippen LogP contribution is -2.06. The highest BCUT2D eigenvalue weighted by Crippen LogP contribution is 2.28. The summed E-state index contributed by atoms with van der Waals surface area (Å²) in [6.45, 7) is 4.63. The molecule has 0 spiro atoms. The molecular weight excluding hydrogens is 382 g/mol. The second-order valence-electron chi connectivity index (χ2n) is 6.76. The Morgan fingerprint density at radius 1 is 1.14 bits per heavy atom. The van der Waals surface area contributed by atoms with Crippen LogP contribution in [0.25, 0.3) is 22.3 Å². The quantitative estimate of drug-likeness (QED) is 0.445. The molecule has 0 saturated carbocycles. The first-order valence-electron chi connectivity index (χ1n) is 9.44. The molecule has 29 heavy (non-hydrogen) atoms. The summed E-state index contributed by atoms with van der Waals surface area (Å²) in [5.74, 6) is -0.0336. The van der Waals surface area contributed by atoms with Gasteiger partial charge in [0.2, 0.25) is 0 Å². The van der Waals surface area contributed by atoms with Gasteiger partial charge in [0.25, 0.3) is 0 Å². The molecule has 0 saturated heterocycles. The van der Waals surface area contributed by atoms with Crippen LogP contribution < -0.4 is 0 Å². The molecule has 2 aromatic carbocycles. The zero-order valence-electron chi connectivity index (χ0n) is 16.3. The van der Waals surface area contributed by atoms with Crippen LogP contribution >= 0.6 is 11.8 Å². The standard InChI is InChI=1S/C23H21N3O2S/c1-3-29-23-25-20-15(2)11-12-24-21(20)26(23)14-16-9-10-18(19(13-16)22(27)28)17-7-5-4-6-8-17/h4-13H,3,14H2,1-2H3,(H,27,28). The van der Waals surface area contributed by atoms with Crippen molar-refractivity contribution in [2.75, 3.05) is 5.75 Å². The average Bonchev–Trinajstić information content (AvgIpc) is 3.07.